The number of fused-ring (bicyclic) bond motifs is 5. The molecule has 4 aliphatic carbocycles. The van der Waals surface area contributed by atoms with Gasteiger partial charge >= 0.3 is 6.18 Å². The van der Waals surface area contributed by atoms with E-state index in [-0.39, 0.29) is 23.8 Å². The monoisotopic (exact) mass is 529 g/mol. The van der Waals surface area contributed by atoms with E-state index in [4.69, 9.17) is 0 Å². The maximum absolute atomic E-state index is 14.6. The van der Waals surface area contributed by atoms with Crippen LogP contribution in [0.5, 0.6) is 0 Å². The molecule has 0 aliphatic heterocycles. The number of alkyl halides is 3. The van der Waals surface area contributed by atoms with Crippen LogP contribution in [0.3, 0.4) is 0 Å². The average Bonchev–Trinajstić information content (AvgIpc) is 3.35. The van der Waals surface area contributed by atoms with Crippen molar-refractivity contribution in [3.63, 3.8) is 0 Å². The summed E-state index contributed by atoms with van der Waals surface area (Å²) in [6.07, 6.45) is 1.72. The van der Waals surface area contributed by atoms with Crippen molar-refractivity contribution in [2.24, 2.45) is 17.3 Å². The lowest BCUT2D eigenvalue weighted by molar-refractivity contribution is -0.113. The van der Waals surface area contributed by atoms with Gasteiger partial charge in [-0.2, -0.15) is 18.3 Å². The van der Waals surface area contributed by atoms with E-state index in [2.05, 4.69) is 15.5 Å². The van der Waals surface area contributed by atoms with Gasteiger partial charge in [0.2, 0.25) is 0 Å². The van der Waals surface area contributed by atoms with Crippen molar-refractivity contribution < 1.29 is 23.4 Å². The molecule has 5 nitrogen and oxygen atoms in total. The van der Waals surface area contributed by atoms with Crippen LogP contribution in [-0.4, -0.2) is 52.4 Å². The standard InChI is InChI=1S/C28H31F3N2O2.C2H7N/c1-15-20-6-4-17(13-24(20)33-32-15)21-7-8-25-26(21,2)14-23(28(29,30)31)22-12-18-11-19(34)5-3-16(18)9-10-27(22,25)35;1-3-2/h4,6-7,12-13,16,19,25,34-35H,3,5,8-11,14H2,1-2H3,(H,32,33);3H,1-2H3/t16?,19?,25?,26?,27-;/m1./s1. The summed E-state index contributed by atoms with van der Waals surface area (Å²) in [6.45, 7) is 3.84. The minimum Gasteiger partial charge on any atom is -0.393 e. The number of allylic oxidation sites excluding steroid dienone is 3. The molecule has 8 heteroatoms. The van der Waals surface area contributed by atoms with Gasteiger partial charge in [0.25, 0.3) is 0 Å². The highest BCUT2D eigenvalue weighted by Crippen LogP contribution is 2.64. The Kier molecular flexibility index (Phi) is 6.89. The molecule has 1 aromatic heterocycles. The fourth-order valence-electron chi connectivity index (χ4n) is 7.51. The molecule has 38 heavy (non-hydrogen) atoms. The first-order valence-corrected chi connectivity index (χ1v) is 13.6. The van der Waals surface area contributed by atoms with Crippen LogP contribution in [0.2, 0.25) is 0 Å². The largest absolute Gasteiger partial charge is 0.413 e. The normalized spacial score (nSPS) is 32.9. The molecule has 1 aromatic carbocycles. The number of nitrogens with zero attached hydrogens (tertiary/aromatic N) is 1. The van der Waals surface area contributed by atoms with Crippen LogP contribution in [0, 0.1) is 24.2 Å². The third kappa shape index (κ3) is 4.34. The lowest BCUT2D eigenvalue weighted by Gasteiger charge is -2.50. The van der Waals surface area contributed by atoms with E-state index in [0.717, 1.165) is 39.7 Å². The van der Waals surface area contributed by atoms with Crippen LogP contribution in [0.1, 0.15) is 63.1 Å². The van der Waals surface area contributed by atoms with Crippen LogP contribution >= 0.6 is 0 Å². The number of aromatic amines is 1. The first-order chi connectivity index (χ1) is 17.9. The van der Waals surface area contributed by atoms with Crippen LogP contribution in [-0.2, 0) is 0 Å². The molecule has 4 unspecified atom stereocenters. The number of H-pyrrole nitrogens is 1. The highest BCUT2D eigenvalue weighted by atomic mass is 19.4. The van der Waals surface area contributed by atoms with Gasteiger partial charge in [0, 0.05) is 28.0 Å². The van der Waals surface area contributed by atoms with E-state index in [9.17, 15) is 23.4 Å². The number of halogens is 3. The van der Waals surface area contributed by atoms with Gasteiger partial charge in [-0.3, -0.25) is 5.10 Å². The van der Waals surface area contributed by atoms with Crippen molar-refractivity contribution in [2.75, 3.05) is 14.1 Å². The molecular formula is C30H38F3N3O2. The van der Waals surface area contributed by atoms with Gasteiger partial charge < -0.3 is 15.5 Å². The Morgan fingerprint density at radius 1 is 1.16 bits per heavy atom. The second kappa shape index (κ2) is 9.65. The van der Waals surface area contributed by atoms with E-state index in [0.29, 0.717) is 32.1 Å². The Labute approximate surface area is 221 Å². The second-order valence-electron chi connectivity index (χ2n) is 11.8. The van der Waals surface area contributed by atoms with Gasteiger partial charge in [0.15, 0.2) is 0 Å². The fourth-order valence-corrected chi connectivity index (χ4v) is 7.51. The summed E-state index contributed by atoms with van der Waals surface area (Å²) in [5.41, 5.74) is 1.36. The molecule has 0 amide bonds. The van der Waals surface area contributed by atoms with E-state index in [1.54, 1.807) is 6.08 Å². The first-order valence-electron chi connectivity index (χ1n) is 13.6. The van der Waals surface area contributed by atoms with Crippen molar-refractivity contribution in [3.05, 3.63) is 58.3 Å². The molecule has 2 aromatic rings. The van der Waals surface area contributed by atoms with E-state index in [1.165, 1.54) is 0 Å². The van der Waals surface area contributed by atoms with Crippen LogP contribution in [0.15, 0.2) is 47.1 Å². The van der Waals surface area contributed by atoms with Crippen molar-refractivity contribution in [3.8, 4) is 0 Å². The Bertz CT molecular complexity index is 1320. The van der Waals surface area contributed by atoms with Crippen LogP contribution in [0.4, 0.5) is 13.2 Å². The summed E-state index contributed by atoms with van der Waals surface area (Å²) >= 11 is 0. The number of rotatable bonds is 1. The number of aromatic nitrogens is 2. The minimum absolute atomic E-state index is 0.0482. The second-order valence-corrected chi connectivity index (χ2v) is 11.8. The summed E-state index contributed by atoms with van der Waals surface area (Å²) < 4.78 is 43.8. The third-order valence-electron chi connectivity index (χ3n) is 9.30. The molecule has 0 saturated heterocycles. The van der Waals surface area contributed by atoms with E-state index < -0.39 is 28.9 Å². The van der Waals surface area contributed by atoms with Gasteiger partial charge in [-0.15, -0.1) is 0 Å². The summed E-state index contributed by atoms with van der Waals surface area (Å²) in [5, 5.41) is 33.4. The molecule has 4 N–H and O–H groups in total. The van der Waals surface area contributed by atoms with Crippen LogP contribution < -0.4 is 5.32 Å². The Balaban J connectivity index is 0.000000937. The Hall–Kier alpha value is -2.42. The summed E-state index contributed by atoms with van der Waals surface area (Å²) in [7, 11) is 3.75. The molecule has 0 radical (unpaired) electrons. The number of nitrogens with one attached hydrogen (secondary N) is 2. The third-order valence-corrected chi connectivity index (χ3v) is 9.30. The number of aliphatic hydroxyl groups is 2. The predicted octanol–water partition coefficient (Wildman–Crippen LogP) is 5.99. The van der Waals surface area contributed by atoms with Gasteiger partial charge in [-0.05, 0) is 94.7 Å². The molecule has 1 heterocycles. The molecule has 0 bridgehead atoms. The molecule has 6 rings (SSSR count). The molecule has 206 valence electrons. The smallest absolute Gasteiger partial charge is 0.393 e. The summed E-state index contributed by atoms with van der Waals surface area (Å²) in [5.74, 6) is -0.218. The van der Waals surface area contributed by atoms with Crippen molar-refractivity contribution in [1.82, 2.24) is 15.5 Å². The molecular weight excluding hydrogens is 491 g/mol. The number of hydrogen-bond acceptors (Lipinski definition) is 4. The SMILES string of the molecule is CNC.Cc1[nH]nc2cc(C3=CCC4C3(C)CC(C(F)(F)F)=C3C=C5CC(O)CCC5CC[C@@]34O)ccc12. The first kappa shape index (κ1) is 27.2. The molecule has 1 fully saturated rings. The zero-order valence-corrected chi connectivity index (χ0v) is 22.5. The molecule has 1 saturated carbocycles. The van der Waals surface area contributed by atoms with E-state index >= 15 is 0 Å². The maximum Gasteiger partial charge on any atom is 0.413 e. The topological polar surface area (TPSA) is 81.2 Å². The van der Waals surface area contributed by atoms with Crippen molar-refractivity contribution >= 4 is 16.5 Å². The summed E-state index contributed by atoms with van der Waals surface area (Å²) in [6, 6.07) is 5.88. The van der Waals surface area contributed by atoms with Crippen LogP contribution in [0.25, 0.3) is 16.5 Å². The number of benzene rings is 1. The van der Waals surface area contributed by atoms with Gasteiger partial charge in [-0.25, -0.2) is 0 Å². The lowest BCUT2D eigenvalue weighted by Crippen LogP contribution is -2.51. The fraction of sp³-hybridized carbons (Fsp3) is 0.567. The Morgan fingerprint density at radius 2 is 1.89 bits per heavy atom. The highest BCUT2D eigenvalue weighted by Gasteiger charge is 2.60. The lowest BCUT2D eigenvalue weighted by atomic mass is 9.56. The van der Waals surface area contributed by atoms with Gasteiger partial charge in [0.1, 0.15) is 0 Å². The number of aliphatic hydroxyl groups excluding tert-OH is 1. The number of hydrogen-bond donors (Lipinski definition) is 4. The number of aryl methyl sites for hydroxylation is 1. The Morgan fingerprint density at radius 3 is 2.61 bits per heavy atom. The minimum atomic E-state index is -4.54. The maximum atomic E-state index is 14.6. The highest BCUT2D eigenvalue weighted by molar-refractivity contribution is 5.86. The van der Waals surface area contributed by atoms with Gasteiger partial charge in [0.05, 0.1) is 17.2 Å². The molecule has 4 aliphatic rings. The van der Waals surface area contributed by atoms with E-state index in [1.807, 2.05) is 52.2 Å². The molecule has 5 atom stereocenters. The zero-order valence-electron chi connectivity index (χ0n) is 22.5. The zero-order chi connectivity index (χ0) is 27.5. The average molecular weight is 530 g/mol. The summed E-state index contributed by atoms with van der Waals surface area (Å²) in [4.78, 5) is 0. The van der Waals surface area contributed by atoms with Gasteiger partial charge in [-0.1, -0.05) is 36.8 Å². The van der Waals surface area contributed by atoms with Crippen molar-refractivity contribution in [2.45, 2.75) is 76.7 Å². The quantitative estimate of drug-likeness (QED) is 0.366. The predicted molar refractivity (Wildman–Crippen MR) is 143 cm³/mol. The van der Waals surface area contributed by atoms with Crippen molar-refractivity contribution in [1.29, 1.82) is 0 Å². The molecule has 0 spiro atoms.